The first-order chi connectivity index (χ1) is 15.6. The van der Waals surface area contributed by atoms with E-state index in [-0.39, 0.29) is 11.4 Å². The van der Waals surface area contributed by atoms with E-state index in [1.165, 1.54) is 6.07 Å². The van der Waals surface area contributed by atoms with Crippen molar-refractivity contribution in [3.63, 3.8) is 0 Å². The fraction of sp³-hybridized carbons (Fsp3) is 0.250. The van der Waals surface area contributed by atoms with Crippen molar-refractivity contribution in [1.29, 1.82) is 0 Å². The Morgan fingerprint density at radius 3 is 2.72 bits per heavy atom. The van der Waals surface area contributed by atoms with E-state index in [9.17, 15) is 9.18 Å². The van der Waals surface area contributed by atoms with Gasteiger partial charge in [-0.15, -0.1) is 10.2 Å². The Morgan fingerprint density at radius 2 is 1.88 bits per heavy atom. The fourth-order valence-electron chi connectivity index (χ4n) is 4.06. The predicted molar refractivity (Wildman–Crippen MR) is 119 cm³/mol. The lowest BCUT2D eigenvalue weighted by Crippen LogP contribution is -2.14. The van der Waals surface area contributed by atoms with Crippen molar-refractivity contribution < 1.29 is 9.18 Å². The zero-order chi connectivity index (χ0) is 22.1. The van der Waals surface area contributed by atoms with Crippen LogP contribution in [-0.4, -0.2) is 30.5 Å². The lowest BCUT2D eigenvalue weighted by atomic mass is 10.1. The number of benzene rings is 2. The number of rotatable bonds is 4. The number of nitrogens with zero attached hydrogens (tertiary/aromatic N) is 5. The predicted octanol–water partition coefficient (Wildman–Crippen LogP) is 4.56. The Kier molecular flexibility index (Phi) is 5.26. The minimum atomic E-state index is -0.517. The normalized spacial score (nSPS) is 13.4. The summed E-state index contributed by atoms with van der Waals surface area (Å²) in [7, 11) is 0. The number of halogens is 1. The molecular formula is C24H23FN6O. The lowest BCUT2D eigenvalue weighted by Gasteiger charge is -2.10. The number of carbonyl (C=O) groups excluding carboxylic acids is 1. The molecule has 2 aromatic heterocycles. The second-order valence-electron chi connectivity index (χ2n) is 7.97. The summed E-state index contributed by atoms with van der Waals surface area (Å²) in [6, 6.07) is 15.8. The molecule has 5 rings (SSSR count). The van der Waals surface area contributed by atoms with E-state index >= 15 is 0 Å². The number of hydrogen-bond acceptors (Lipinski definition) is 4. The number of fused-ring (bicyclic) bond motifs is 1. The number of hydrogen-bond donors (Lipinski definition) is 1. The summed E-state index contributed by atoms with van der Waals surface area (Å²) in [4.78, 5) is 12.9. The van der Waals surface area contributed by atoms with Crippen LogP contribution in [0.2, 0.25) is 0 Å². The summed E-state index contributed by atoms with van der Waals surface area (Å²) in [5.74, 6) is 0.659. The van der Waals surface area contributed by atoms with Gasteiger partial charge in [0.2, 0.25) is 0 Å². The van der Waals surface area contributed by atoms with Crippen molar-refractivity contribution in [1.82, 2.24) is 24.5 Å². The van der Waals surface area contributed by atoms with Gasteiger partial charge in [-0.1, -0.05) is 24.6 Å². The van der Waals surface area contributed by atoms with Gasteiger partial charge in [0.1, 0.15) is 11.6 Å². The van der Waals surface area contributed by atoms with Crippen molar-refractivity contribution in [2.45, 2.75) is 39.2 Å². The van der Waals surface area contributed by atoms with E-state index in [0.717, 1.165) is 49.4 Å². The zero-order valence-corrected chi connectivity index (χ0v) is 17.8. The molecule has 0 fully saturated rings. The van der Waals surface area contributed by atoms with Crippen molar-refractivity contribution in [3.8, 4) is 17.1 Å². The summed E-state index contributed by atoms with van der Waals surface area (Å²) in [5.41, 5.74) is 2.68. The Balaban J connectivity index is 1.42. The standard InChI is InChI=1S/C24H23FN6O/c1-16-14-21(29-31(16)18-8-4-2-5-9-18)24(32)26-20-15-17(11-12-19(20)25)23-28-27-22-10-6-3-7-13-30(22)23/h2,4-5,8-9,11-12,14-15H,3,6-7,10,13H2,1H3,(H,26,32). The summed E-state index contributed by atoms with van der Waals surface area (Å²) < 4.78 is 18.3. The van der Waals surface area contributed by atoms with Gasteiger partial charge in [0.15, 0.2) is 11.5 Å². The molecule has 162 valence electrons. The van der Waals surface area contributed by atoms with Crippen LogP contribution in [0.3, 0.4) is 0 Å². The molecule has 0 spiro atoms. The van der Waals surface area contributed by atoms with Gasteiger partial charge in [0.25, 0.3) is 5.91 Å². The Bertz CT molecular complexity index is 1280. The molecule has 3 heterocycles. The Labute approximate surface area is 184 Å². The molecule has 32 heavy (non-hydrogen) atoms. The van der Waals surface area contributed by atoms with Crippen LogP contribution in [0.25, 0.3) is 17.1 Å². The van der Waals surface area contributed by atoms with Crippen LogP contribution < -0.4 is 5.32 Å². The molecule has 0 atom stereocenters. The summed E-state index contributed by atoms with van der Waals surface area (Å²) in [5, 5.41) is 15.7. The van der Waals surface area contributed by atoms with E-state index in [0.29, 0.717) is 11.4 Å². The molecule has 7 nitrogen and oxygen atoms in total. The molecule has 4 aromatic rings. The topological polar surface area (TPSA) is 77.6 Å². The highest BCUT2D eigenvalue weighted by Crippen LogP contribution is 2.27. The average Bonchev–Trinajstić information content (AvgIpc) is 3.31. The van der Waals surface area contributed by atoms with Gasteiger partial charge in [0.05, 0.1) is 11.4 Å². The number of para-hydroxylation sites is 1. The first-order valence-corrected chi connectivity index (χ1v) is 10.8. The molecule has 0 radical (unpaired) electrons. The summed E-state index contributed by atoms with van der Waals surface area (Å²) in [6.07, 6.45) is 4.20. The first kappa shape index (κ1) is 20.1. The summed E-state index contributed by atoms with van der Waals surface area (Å²) in [6.45, 7) is 2.71. The van der Waals surface area contributed by atoms with Crippen LogP contribution in [0.4, 0.5) is 10.1 Å². The lowest BCUT2D eigenvalue weighted by molar-refractivity contribution is 0.102. The van der Waals surface area contributed by atoms with Crippen molar-refractivity contribution in [3.05, 3.63) is 77.6 Å². The monoisotopic (exact) mass is 430 g/mol. The molecular weight excluding hydrogens is 407 g/mol. The van der Waals surface area contributed by atoms with Crippen molar-refractivity contribution in [2.24, 2.45) is 0 Å². The van der Waals surface area contributed by atoms with Gasteiger partial charge in [-0.2, -0.15) is 5.10 Å². The number of carbonyl (C=O) groups is 1. The third kappa shape index (κ3) is 3.79. The van der Waals surface area contributed by atoms with E-state index in [2.05, 4.69) is 25.2 Å². The largest absolute Gasteiger partial charge is 0.318 e. The van der Waals surface area contributed by atoms with E-state index in [1.807, 2.05) is 37.3 Å². The van der Waals surface area contributed by atoms with Gasteiger partial charge in [-0.25, -0.2) is 9.07 Å². The number of aryl methyl sites for hydroxylation is 2. The molecule has 1 amide bonds. The maximum Gasteiger partial charge on any atom is 0.276 e. The molecule has 0 saturated heterocycles. The highest BCUT2D eigenvalue weighted by molar-refractivity contribution is 6.03. The number of nitrogens with one attached hydrogen (secondary N) is 1. The second kappa shape index (κ2) is 8.37. The van der Waals surface area contributed by atoms with Crippen LogP contribution in [0.1, 0.15) is 41.3 Å². The van der Waals surface area contributed by atoms with Gasteiger partial charge < -0.3 is 9.88 Å². The molecule has 0 aliphatic carbocycles. The molecule has 0 bridgehead atoms. The molecule has 0 saturated carbocycles. The minimum absolute atomic E-state index is 0.0883. The van der Waals surface area contributed by atoms with Crippen LogP contribution in [0.15, 0.2) is 54.6 Å². The van der Waals surface area contributed by atoms with Crippen molar-refractivity contribution in [2.75, 3.05) is 5.32 Å². The van der Waals surface area contributed by atoms with Crippen LogP contribution in [0.5, 0.6) is 0 Å². The Hall–Kier alpha value is -3.81. The maximum absolute atomic E-state index is 14.6. The van der Waals surface area contributed by atoms with E-state index < -0.39 is 11.7 Å². The van der Waals surface area contributed by atoms with E-state index in [1.54, 1.807) is 22.9 Å². The third-order valence-corrected chi connectivity index (χ3v) is 5.70. The molecule has 1 aliphatic heterocycles. The average molecular weight is 430 g/mol. The van der Waals surface area contributed by atoms with Gasteiger partial charge in [0, 0.05) is 24.2 Å². The Morgan fingerprint density at radius 1 is 1.03 bits per heavy atom. The minimum Gasteiger partial charge on any atom is -0.318 e. The number of anilines is 1. The van der Waals surface area contributed by atoms with Crippen LogP contribution in [0, 0.1) is 12.7 Å². The number of amides is 1. The van der Waals surface area contributed by atoms with Gasteiger partial charge in [-0.05, 0) is 56.2 Å². The van der Waals surface area contributed by atoms with E-state index in [4.69, 9.17) is 0 Å². The number of aromatic nitrogens is 5. The van der Waals surface area contributed by atoms with Crippen LogP contribution >= 0.6 is 0 Å². The highest BCUT2D eigenvalue weighted by Gasteiger charge is 2.19. The molecule has 1 aliphatic rings. The molecule has 8 heteroatoms. The molecule has 0 unspecified atom stereocenters. The molecule has 2 aromatic carbocycles. The fourth-order valence-corrected chi connectivity index (χ4v) is 4.06. The third-order valence-electron chi connectivity index (χ3n) is 5.70. The maximum atomic E-state index is 14.6. The quantitative estimate of drug-likeness (QED) is 0.515. The molecule has 1 N–H and O–H groups in total. The summed E-state index contributed by atoms with van der Waals surface area (Å²) >= 11 is 0. The van der Waals surface area contributed by atoms with Crippen molar-refractivity contribution >= 4 is 11.6 Å². The van der Waals surface area contributed by atoms with Crippen LogP contribution in [-0.2, 0) is 13.0 Å². The van der Waals surface area contributed by atoms with Gasteiger partial charge >= 0.3 is 0 Å². The zero-order valence-electron chi connectivity index (χ0n) is 17.8. The van der Waals surface area contributed by atoms with Gasteiger partial charge in [-0.3, -0.25) is 4.79 Å². The first-order valence-electron chi connectivity index (χ1n) is 10.8. The second-order valence-corrected chi connectivity index (χ2v) is 7.97. The smallest absolute Gasteiger partial charge is 0.276 e. The SMILES string of the molecule is Cc1cc(C(=O)Nc2cc(-c3nnc4n3CCCCC4)ccc2F)nn1-c1ccccc1. The highest BCUT2D eigenvalue weighted by atomic mass is 19.1.